The van der Waals surface area contributed by atoms with Crippen LogP contribution in [0.2, 0.25) is 0 Å². The van der Waals surface area contributed by atoms with Gasteiger partial charge in [0.15, 0.2) is 0 Å². The van der Waals surface area contributed by atoms with Gasteiger partial charge in [-0.3, -0.25) is 4.79 Å². The number of fused-ring (bicyclic) bond motifs is 4. The monoisotopic (exact) mass is 565 g/mol. The van der Waals surface area contributed by atoms with E-state index in [-0.39, 0.29) is 17.0 Å². The quantitative estimate of drug-likeness (QED) is 0.315. The van der Waals surface area contributed by atoms with Gasteiger partial charge in [0, 0.05) is 11.1 Å². The van der Waals surface area contributed by atoms with Gasteiger partial charge in [-0.1, -0.05) is 66.7 Å². The summed E-state index contributed by atoms with van der Waals surface area (Å²) >= 11 is 0. The number of benzene rings is 3. The Bertz CT molecular complexity index is 1680. The molecule has 1 aliphatic heterocycles. The van der Waals surface area contributed by atoms with Crippen molar-refractivity contribution in [3.8, 4) is 11.1 Å². The molecule has 7 nitrogen and oxygen atoms in total. The van der Waals surface area contributed by atoms with Crippen LogP contribution in [-0.2, 0) is 29.4 Å². The summed E-state index contributed by atoms with van der Waals surface area (Å²) in [5.41, 5.74) is 0.0334. The fourth-order valence-electron chi connectivity index (χ4n) is 5.39. The van der Waals surface area contributed by atoms with Crippen LogP contribution in [0.4, 0.5) is 5.69 Å². The highest BCUT2D eigenvalue weighted by Gasteiger charge is 2.62. The number of aryl methyl sites for hydroxylation is 2. The zero-order chi connectivity index (χ0) is 30.6. The topological polar surface area (TPSA) is 91.3 Å². The van der Waals surface area contributed by atoms with Gasteiger partial charge >= 0.3 is 11.9 Å². The first kappa shape index (κ1) is 29.0. The maximum absolute atomic E-state index is 14.7. The smallest absolute Gasteiger partial charge is 0.344 e. The Kier molecular flexibility index (Phi) is 6.96. The van der Waals surface area contributed by atoms with Crippen LogP contribution >= 0.6 is 0 Å². The highest BCUT2D eigenvalue weighted by molar-refractivity contribution is 6.30. The molecule has 216 valence electrons. The summed E-state index contributed by atoms with van der Waals surface area (Å²) < 4.78 is 18.3. The lowest BCUT2D eigenvalue weighted by atomic mass is 9.71. The summed E-state index contributed by atoms with van der Waals surface area (Å²) in [6.45, 7) is 14.1. The van der Waals surface area contributed by atoms with E-state index in [1.54, 1.807) is 65.8 Å². The third-order valence-electron chi connectivity index (χ3n) is 7.01. The van der Waals surface area contributed by atoms with Crippen LogP contribution < -0.4 is 0 Å². The first-order valence-electron chi connectivity index (χ1n) is 13.9. The number of esters is 2. The normalized spacial score (nSPS) is 19.0. The van der Waals surface area contributed by atoms with Crippen molar-refractivity contribution in [2.24, 2.45) is 4.99 Å². The Balaban J connectivity index is 1.91. The highest BCUT2D eigenvalue weighted by Crippen LogP contribution is 2.53. The van der Waals surface area contributed by atoms with E-state index in [4.69, 9.17) is 19.2 Å². The maximum Gasteiger partial charge on any atom is 0.344 e. The Hall–Kier alpha value is -4.52. The standard InChI is InChI=1S/C35H35NO6/c1-20-14-13-15-21(2)28(20)36-30-26(31(38)41-33(3,4)5)27(32(39)42-34(6,7)8)35(40-30)25-19-12-11-17-23(25)22-16-9-10-18-24(22)29(35)37/h9-19H,1-8H3. The molecule has 3 aromatic rings. The molecule has 3 aromatic carbocycles. The van der Waals surface area contributed by atoms with Crippen molar-refractivity contribution in [2.45, 2.75) is 72.2 Å². The predicted octanol–water partition coefficient (Wildman–Crippen LogP) is 7.10. The Morgan fingerprint density at radius 1 is 0.714 bits per heavy atom. The second-order valence-corrected chi connectivity index (χ2v) is 12.6. The molecule has 1 heterocycles. The molecule has 0 bridgehead atoms. The number of para-hydroxylation sites is 1. The van der Waals surface area contributed by atoms with Gasteiger partial charge in [-0.2, -0.15) is 0 Å². The lowest BCUT2D eigenvalue weighted by Gasteiger charge is -2.36. The molecule has 1 atom stereocenters. The van der Waals surface area contributed by atoms with E-state index in [0.717, 1.165) is 11.1 Å². The largest absolute Gasteiger partial charge is 0.456 e. The molecule has 0 N–H and O–H groups in total. The predicted molar refractivity (Wildman–Crippen MR) is 161 cm³/mol. The van der Waals surface area contributed by atoms with Crippen molar-refractivity contribution in [2.75, 3.05) is 0 Å². The number of Topliss-reactive ketones (excluding diaryl/α,β-unsaturated/α-hetero) is 1. The summed E-state index contributed by atoms with van der Waals surface area (Å²) in [6.07, 6.45) is 0. The summed E-state index contributed by atoms with van der Waals surface area (Å²) in [5, 5.41) is 0. The molecule has 42 heavy (non-hydrogen) atoms. The van der Waals surface area contributed by atoms with Crippen LogP contribution in [0.15, 0.2) is 82.9 Å². The molecule has 2 aliphatic rings. The zero-order valence-electron chi connectivity index (χ0n) is 25.2. The van der Waals surface area contributed by atoms with E-state index in [0.29, 0.717) is 27.9 Å². The second kappa shape index (κ2) is 10.1. The van der Waals surface area contributed by atoms with Crippen LogP contribution in [0.3, 0.4) is 0 Å². The summed E-state index contributed by atoms with van der Waals surface area (Å²) in [4.78, 5) is 47.8. The fraction of sp³-hybridized carbons (Fsp3) is 0.314. The van der Waals surface area contributed by atoms with E-state index in [9.17, 15) is 14.4 Å². The zero-order valence-corrected chi connectivity index (χ0v) is 25.2. The van der Waals surface area contributed by atoms with Gasteiger partial charge < -0.3 is 14.2 Å². The number of carbonyl (C=O) groups is 3. The third-order valence-corrected chi connectivity index (χ3v) is 7.01. The molecule has 1 unspecified atom stereocenters. The Labute approximate surface area is 246 Å². The molecule has 1 aliphatic carbocycles. The number of ether oxygens (including phenoxy) is 3. The number of aliphatic imine (C=N–C) groups is 1. The van der Waals surface area contributed by atoms with E-state index in [1.165, 1.54) is 0 Å². The number of carbonyl (C=O) groups excluding carboxylic acids is 3. The van der Waals surface area contributed by atoms with Crippen LogP contribution in [0.1, 0.15) is 68.6 Å². The number of hydrogen-bond acceptors (Lipinski definition) is 7. The van der Waals surface area contributed by atoms with E-state index in [1.807, 2.05) is 56.3 Å². The first-order valence-corrected chi connectivity index (χ1v) is 13.9. The molecular formula is C35H35NO6. The Morgan fingerprint density at radius 3 is 1.83 bits per heavy atom. The third kappa shape index (κ3) is 4.93. The number of hydrogen-bond donors (Lipinski definition) is 0. The van der Waals surface area contributed by atoms with Gasteiger partial charge in [-0.15, -0.1) is 0 Å². The van der Waals surface area contributed by atoms with Crippen molar-refractivity contribution in [1.29, 1.82) is 0 Å². The molecular weight excluding hydrogens is 530 g/mol. The minimum Gasteiger partial charge on any atom is -0.456 e. The van der Waals surface area contributed by atoms with Gasteiger partial charge in [-0.05, 0) is 77.6 Å². The first-order chi connectivity index (χ1) is 19.6. The van der Waals surface area contributed by atoms with Crippen LogP contribution in [-0.4, -0.2) is 34.8 Å². The molecule has 0 saturated heterocycles. The van der Waals surface area contributed by atoms with Crippen molar-refractivity contribution in [3.63, 3.8) is 0 Å². The molecule has 0 saturated carbocycles. The second-order valence-electron chi connectivity index (χ2n) is 12.6. The van der Waals surface area contributed by atoms with Crippen molar-refractivity contribution in [1.82, 2.24) is 0 Å². The lowest BCUT2D eigenvalue weighted by Crippen LogP contribution is -2.45. The molecule has 0 fully saturated rings. The lowest BCUT2D eigenvalue weighted by molar-refractivity contribution is -0.153. The molecule has 0 radical (unpaired) electrons. The molecule has 0 amide bonds. The fourth-order valence-corrected chi connectivity index (χ4v) is 5.39. The Morgan fingerprint density at radius 2 is 1.24 bits per heavy atom. The number of ketones is 1. The minimum atomic E-state index is -2.03. The highest BCUT2D eigenvalue weighted by atomic mass is 16.6. The molecule has 5 rings (SSSR count). The van der Waals surface area contributed by atoms with Crippen molar-refractivity contribution < 1.29 is 28.6 Å². The maximum atomic E-state index is 14.7. The van der Waals surface area contributed by atoms with Crippen molar-refractivity contribution in [3.05, 3.63) is 100 Å². The minimum absolute atomic E-state index is 0.176. The van der Waals surface area contributed by atoms with Crippen LogP contribution in [0.25, 0.3) is 11.1 Å². The average molecular weight is 566 g/mol. The van der Waals surface area contributed by atoms with Gasteiger partial charge in [0.25, 0.3) is 0 Å². The van der Waals surface area contributed by atoms with E-state index < -0.39 is 34.5 Å². The van der Waals surface area contributed by atoms with E-state index >= 15 is 0 Å². The van der Waals surface area contributed by atoms with Gasteiger partial charge in [0.05, 0.1) is 5.69 Å². The van der Waals surface area contributed by atoms with Gasteiger partial charge in [0.1, 0.15) is 22.3 Å². The number of nitrogens with zero attached hydrogens (tertiary/aromatic N) is 1. The van der Waals surface area contributed by atoms with Crippen molar-refractivity contribution >= 4 is 29.3 Å². The van der Waals surface area contributed by atoms with Crippen LogP contribution in [0, 0.1) is 13.8 Å². The molecule has 0 aromatic heterocycles. The molecule has 1 spiro atoms. The summed E-state index contributed by atoms with van der Waals surface area (Å²) in [6, 6.07) is 20.1. The van der Waals surface area contributed by atoms with E-state index in [2.05, 4.69) is 0 Å². The van der Waals surface area contributed by atoms with Gasteiger partial charge in [-0.25, -0.2) is 14.6 Å². The molecule has 7 heteroatoms. The SMILES string of the molecule is Cc1cccc(C)c1N=C1OC2(C(=O)c3ccccc3-c3ccccc32)C(C(=O)OC(C)(C)C)=C1C(=O)OC(C)(C)C. The summed E-state index contributed by atoms with van der Waals surface area (Å²) in [7, 11) is 0. The van der Waals surface area contributed by atoms with Crippen LogP contribution in [0.5, 0.6) is 0 Å². The average Bonchev–Trinajstić information content (AvgIpc) is 3.24. The number of rotatable bonds is 3. The summed E-state index contributed by atoms with van der Waals surface area (Å²) in [5.74, 6) is -2.37. The van der Waals surface area contributed by atoms with Gasteiger partial charge in [0.2, 0.25) is 17.3 Å².